The van der Waals surface area contributed by atoms with Crippen molar-refractivity contribution in [2.75, 3.05) is 6.54 Å². The molecule has 0 saturated carbocycles. The van der Waals surface area contributed by atoms with Crippen molar-refractivity contribution in [1.29, 1.82) is 0 Å². The van der Waals surface area contributed by atoms with Crippen LogP contribution in [0.5, 0.6) is 0 Å². The summed E-state index contributed by atoms with van der Waals surface area (Å²) in [4.78, 5) is 23.5. The smallest absolute Gasteiger partial charge is 0.222 e. The molecule has 0 saturated heterocycles. The average molecular weight is 324 g/mol. The van der Waals surface area contributed by atoms with Crippen molar-refractivity contribution >= 4 is 11.8 Å². The number of hydrogen-bond donors (Lipinski definition) is 2. The van der Waals surface area contributed by atoms with E-state index in [1.165, 1.54) is 12.5 Å². The zero-order valence-electron chi connectivity index (χ0n) is 14.0. The van der Waals surface area contributed by atoms with Crippen LogP contribution in [0.2, 0.25) is 0 Å². The molecular weight excluding hydrogens is 300 g/mol. The summed E-state index contributed by atoms with van der Waals surface area (Å²) in [6.07, 6.45) is 2.08. The van der Waals surface area contributed by atoms with E-state index in [1.807, 2.05) is 48.5 Å². The van der Waals surface area contributed by atoms with Crippen LogP contribution < -0.4 is 10.6 Å². The Morgan fingerprint density at radius 1 is 0.958 bits per heavy atom. The molecule has 1 unspecified atom stereocenters. The largest absolute Gasteiger partial charge is 0.356 e. The van der Waals surface area contributed by atoms with Gasteiger partial charge in [0.1, 0.15) is 0 Å². The molecule has 24 heavy (non-hydrogen) atoms. The Balaban J connectivity index is 1.79. The van der Waals surface area contributed by atoms with Crippen LogP contribution in [0.3, 0.4) is 0 Å². The molecule has 1 atom stereocenters. The maximum atomic E-state index is 12.2. The van der Waals surface area contributed by atoms with Gasteiger partial charge in [-0.3, -0.25) is 9.59 Å². The van der Waals surface area contributed by atoms with E-state index < -0.39 is 0 Å². The third-order valence-electron chi connectivity index (χ3n) is 3.78. The Hall–Kier alpha value is -2.62. The molecular formula is C20H24N2O2. The molecule has 2 rings (SSSR count). The van der Waals surface area contributed by atoms with Crippen LogP contribution in [0, 0.1) is 0 Å². The fraction of sp³-hybridized carbons (Fsp3) is 0.300. The zero-order chi connectivity index (χ0) is 17.2. The minimum atomic E-state index is -0.294. The highest BCUT2D eigenvalue weighted by molar-refractivity contribution is 5.79. The summed E-state index contributed by atoms with van der Waals surface area (Å²) >= 11 is 0. The predicted octanol–water partition coefficient (Wildman–Crippen LogP) is 3.00. The molecule has 126 valence electrons. The lowest BCUT2D eigenvalue weighted by Gasteiger charge is -2.18. The van der Waals surface area contributed by atoms with Gasteiger partial charge in [-0.2, -0.15) is 0 Å². The summed E-state index contributed by atoms with van der Waals surface area (Å²) in [7, 11) is 0. The van der Waals surface area contributed by atoms with Crippen LogP contribution in [0.15, 0.2) is 60.7 Å². The number of aryl methyl sites for hydroxylation is 1. The average Bonchev–Trinajstić information content (AvgIpc) is 2.59. The van der Waals surface area contributed by atoms with Gasteiger partial charge in [-0.05, 0) is 24.0 Å². The monoisotopic (exact) mass is 324 g/mol. The number of nitrogens with one attached hydrogen (secondary N) is 2. The first-order valence-electron chi connectivity index (χ1n) is 8.28. The van der Waals surface area contributed by atoms with Crippen LogP contribution >= 0.6 is 0 Å². The predicted molar refractivity (Wildman–Crippen MR) is 95.4 cm³/mol. The maximum absolute atomic E-state index is 12.2. The standard InChI is InChI=1S/C20H24N2O2/c1-16(23)22-19(18-12-6-3-7-13-18)15-20(24)21-14-8-11-17-9-4-2-5-10-17/h2-7,9-10,12-13,19H,8,11,14-15H2,1H3,(H,21,24)(H,22,23). The third-order valence-corrected chi connectivity index (χ3v) is 3.78. The van der Waals surface area contributed by atoms with Gasteiger partial charge < -0.3 is 10.6 Å². The lowest BCUT2D eigenvalue weighted by molar-refractivity contribution is -0.122. The van der Waals surface area contributed by atoms with E-state index in [2.05, 4.69) is 22.8 Å². The zero-order valence-corrected chi connectivity index (χ0v) is 14.0. The molecule has 0 radical (unpaired) electrons. The number of carbonyl (C=O) groups excluding carboxylic acids is 2. The fourth-order valence-corrected chi connectivity index (χ4v) is 2.61. The van der Waals surface area contributed by atoms with Gasteiger partial charge in [0.05, 0.1) is 12.5 Å². The summed E-state index contributed by atoms with van der Waals surface area (Å²) in [5, 5.41) is 5.78. The molecule has 0 aliphatic heterocycles. The van der Waals surface area contributed by atoms with E-state index in [-0.39, 0.29) is 24.3 Å². The highest BCUT2D eigenvalue weighted by atomic mass is 16.2. The van der Waals surface area contributed by atoms with Crippen LogP contribution in [0.4, 0.5) is 0 Å². The van der Waals surface area contributed by atoms with Crippen molar-refractivity contribution in [3.8, 4) is 0 Å². The van der Waals surface area contributed by atoms with Crippen LogP contribution in [0.25, 0.3) is 0 Å². The van der Waals surface area contributed by atoms with E-state index in [9.17, 15) is 9.59 Å². The van der Waals surface area contributed by atoms with Crippen molar-refractivity contribution in [2.24, 2.45) is 0 Å². The molecule has 0 spiro atoms. The Labute approximate surface area is 143 Å². The SMILES string of the molecule is CC(=O)NC(CC(=O)NCCCc1ccccc1)c1ccccc1. The second kappa shape index (κ2) is 9.50. The Kier molecular flexibility index (Phi) is 7.02. The number of rotatable bonds is 8. The Morgan fingerprint density at radius 2 is 1.58 bits per heavy atom. The van der Waals surface area contributed by atoms with Gasteiger partial charge in [0.25, 0.3) is 0 Å². The van der Waals surface area contributed by atoms with Gasteiger partial charge in [0.2, 0.25) is 11.8 Å². The number of hydrogen-bond acceptors (Lipinski definition) is 2. The van der Waals surface area contributed by atoms with Crippen molar-refractivity contribution in [2.45, 2.75) is 32.2 Å². The van der Waals surface area contributed by atoms with Crippen molar-refractivity contribution in [3.05, 3.63) is 71.8 Å². The normalized spacial score (nSPS) is 11.5. The maximum Gasteiger partial charge on any atom is 0.222 e. The summed E-state index contributed by atoms with van der Waals surface area (Å²) in [6.45, 7) is 2.10. The highest BCUT2D eigenvalue weighted by Gasteiger charge is 2.16. The van der Waals surface area contributed by atoms with Gasteiger partial charge in [0.15, 0.2) is 0 Å². The number of amides is 2. The van der Waals surface area contributed by atoms with E-state index in [0.29, 0.717) is 6.54 Å². The van der Waals surface area contributed by atoms with Crippen LogP contribution in [-0.2, 0) is 16.0 Å². The molecule has 0 aromatic heterocycles. The first-order valence-corrected chi connectivity index (χ1v) is 8.28. The first-order chi connectivity index (χ1) is 11.6. The minimum absolute atomic E-state index is 0.0503. The van der Waals surface area contributed by atoms with E-state index >= 15 is 0 Å². The molecule has 4 nitrogen and oxygen atoms in total. The molecule has 0 bridgehead atoms. The molecule has 4 heteroatoms. The van der Waals surface area contributed by atoms with Gasteiger partial charge >= 0.3 is 0 Å². The summed E-state index contributed by atoms with van der Waals surface area (Å²) < 4.78 is 0. The van der Waals surface area contributed by atoms with E-state index in [4.69, 9.17) is 0 Å². The quantitative estimate of drug-likeness (QED) is 0.733. The Morgan fingerprint density at radius 3 is 2.21 bits per heavy atom. The molecule has 2 aromatic carbocycles. The van der Waals surface area contributed by atoms with Crippen LogP contribution in [-0.4, -0.2) is 18.4 Å². The molecule has 0 aliphatic rings. The molecule has 0 heterocycles. The van der Waals surface area contributed by atoms with Crippen molar-refractivity contribution < 1.29 is 9.59 Å². The molecule has 2 aromatic rings. The van der Waals surface area contributed by atoms with Gasteiger partial charge in [0, 0.05) is 13.5 Å². The lowest BCUT2D eigenvalue weighted by Crippen LogP contribution is -2.33. The fourth-order valence-electron chi connectivity index (χ4n) is 2.61. The highest BCUT2D eigenvalue weighted by Crippen LogP contribution is 2.16. The van der Waals surface area contributed by atoms with Crippen molar-refractivity contribution in [3.63, 3.8) is 0 Å². The van der Waals surface area contributed by atoms with E-state index in [1.54, 1.807) is 0 Å². The van der Waals surface area contributed by atoms with E-state index in [0.717, 1.165) is 18.4 Å². The second-order valence-electron chi connectivity index (χ2n) is 5.81. The first kappa shape index (κ1) is 17.7. The van der Waals surface area contributed by atoms with Crippen molar-refractivity contribution in [1.82, 2.24) is 10.6 Å². The molecule has 0 fully saturated rings. The third kappa shape index (κ3) is 6.24. The van der Waals surface area contributed by atoms with Crippen LogP contribution in [0.1, 0.15) is 36.9 Å². The Bertz CT molecular complexity index is 641. The van der Waals surface area contributed by atoms with Gasteiger partial charge in [-0.15, -0.1) is 0 Å². The molecule has 2 N–H and O–H groups in total. The van der Waals surface area contributed by atoms with Gasteiger partial charge in [-0.1, -0.05) is 60.7 Å². The summed E-state index contributed by atoms with van der Waals surface area (Å²) in [6, 6.07) is 19.5. The topological polar surface area (TPSA) is 58.2 Å². The lowest BCUT2D eigenvalue weighted by atomic mass is 10.0. The van der Waals surface area contributed by atoms with Gasteiger partial charge in [-0.25, -0.2) is 0 Å². The number of benzene rings is 2. The number of carbonyl (C=O) groups is 2. The summed E-state index contributed by atoms with van der Waals surface area (Å²) in [5.74, 6) is -0.189. The summed E-state index contributed by atoms with van der Waals surface area (Å²) in [5.41, 5.74) is 2.21. The molecule has 0 aliphatic carbocycles. The minimum Gasteiger partial charge on any atom is -0.356 e. The second-order valence-corrected chi connectivity index (χ2v) is 5.81. The molecule has 2 amide bonds.